The van der Waals surface area contributed by atoms with E-state index in [1.54, 1.807) is 52.0 Å². The highest BCUT2D eigenvalue weighted by molar-refractivity contribution is 6.30. The molecular formula is C21H26ClNO5. The Morgan fingerprint density at radius 3 is 2.36 bits per heavy atom. The first-order valence-electron chi connectivity index (χ1n) is 9.14. The van der Waals surface area contributed by atoms with Crippen molar-refractivity contribution in [1.29, 1.82) is 0 Å². The lowest BCUT2D eigenvalue weighted by Gasteiger charge is -2.32. The quantitative estimate of drug-likeness (QED) is 0.505. The number of halogens is 1. The highest BCUT2D eigenvalue weighted by Gasteiger charge is 2.42. The van der Waals surface area contributed by atoms with Gasteiger partial charge < -0.3 is 14.2 Å². The topological polar surface area (TPSA) is 74.2 Å². The zero-order valence-corrected chi connectivity index (χ0v) is 17.6. The second kappa shape index (κ2) is 9.85. The predicted molar refractivity (Wildman–Crippen MR) is 108 cm³/mol. The summed E-state index contributed by atoms with van der Waals surface area (Å²) in [5.74, 6) is -2.24. The lowest BCUT2D eigenvalue weighted by molar-refractivity contribution is -0.150. The van der Waals surface area contributed by atoms with Crippen LogP contribution in [0.25, 0.3) is 0 Å². The van der Waals surface area contributed by atoms with Crippen molar-refractivity contribution in [2.24, 2.45) is 10.9 Å². The molecule has 2 atom stereocenters. The third kappa shape index (κ3) is 5.20. The number of esters is 2. The number of hydrogen-bond donors (Lipinski definition) is 0. The molecule has 1 aromatic rings. The van der Waals surface area contributed by atoms with E-state index in [9.17, 15) is 9.59 Å². The van der Waals surface area contributed by atoms with Gasteiger partial charge in [0.1, 0.15) is 12.5 Å². The molecule has 2 unspecified atom stereocenters. The third-order valence-electron chi connectivity index (χ3n) is 4.40. The SMILES string of the molecule is COCCOC(=O)C1=C(C)N=C(C)C(C(=O)OC(C)C)C1c1ccc(Cl)cc1. The van der Waals surface area contributed by atoms with Crippen LogP contribution in [0.4, 0.5) is 0 Å². The molecule has 0 saturated carbocycles. The number of allylic oxidation sites excluding steroid dienone is 1. The van der Waals surface area contributed by atoms with Gasteiger partial charge in [-0.3, -0.25) is 9.79 Å². The third-order valence-corrected chi connectivity index (χ3v) is 4.66. The van der Waals surface area contributed by atoms with E-state index < -0.39 is 23.8 Å². The Kier molecular flexibility index (Phi) is 7.78. The van der Waals surface area contributed by atoms with Crippen LogP contribution >= 0.6 is 11.6 Å². The minimum absolute atomic E-state index is 0.114. The fourth-order valence-electron chi connectivity index (χ4n) is 3.24. The molecule has 1 aromatic carbocycles. The molecule has 0 amide bonds. The number of benzene rings is 1. The summed E-state index contributed by atoms with van der Waals surface area (Å²) in [5.41, 5.74) is 2.22. The van der Waals surface area contributed by atoms with Crippen LogP contribution < -0.4 is 0 Å². The number of carbonyl (C=O) groups excluding carboxylic acids is 2. The highest BCUT2D eigenvalue weighted by Crippen LogP contribution is 2.40. The van der Waals surface area contributed by atoms with Crippen LogP contribution in [-0.2, 0) is 23.8 Å². The minimum atomic E-state index is -0.725. The van der Waals surface area contributed by atoms with Crippen molar-refractivity contribution in [3.63, 3.8) is 0 Å². The van der Waals surface area contributed by atoms with E-state index >= 15 is 0 Å². The van der Waals surface area contributed by atoms with Crippen LogP contribution in [-0.4, -0.2) is 44.1 Å². The van der Waals surface area contributed by atoms with E-state index in [2.05, 4.69) is 4.99 Å². The average molecular weight is 408 g/mol. The van der Waals surface area contributed by atoms with Gasteiger partial charge in [-0.15, -0.1) is 0 Å². The Morgan fingerprint density at radius 1 is 1.14 bits per heavy atom. The average Bonchev–Trinajstić information content (AvgIpc) is 2.61. The van der Waals surface area contributed by atoms with Crippen molar-refractivity contribution in [3.8, 4) is 0 Å². The molecule has 0 radical (unpaired) electrons. The minimum Gasteiger partial charge on any atom is -0.462 e. The number of ether oxygens (including phenoxy) is 3. The normalized spacial score (nSPS) is 19.5. The van der Waals surface area contributed by atoms with Crippen molar-refractivity contribution >= 4 is 29.3 Å². The van der Waals surface area contributed by atoms with Crippen LogP contribution in [0.1, 0.15) is 39.2 Å². The predicted octanol–water partition coefficient (Wildman–Crippen LogP) is 3.93. The van der Waals surface area contributed by atoms with E-state index in [1.165, 1.54) is 7.11 Å². The molecular weight excluding hydrogens is 382 g/mol. The molecule has 1 aliphatic heterocycles. The monoisotopic (exact) mass is 407 g/mol. The number of rotatable bonds is 7. The molecule has 6 nitrogen and oxygen atoms in total. The largest absolute Gasteiger partial charge is 0.462 e. The molecule has 0 aliphatic carbocycles. The van der Waals surface area contributed by atoms with Gasteiger partial charge in [0.05, 0.1) is 18.3 Å². The van der Waals surface area contributed by atoms with Crippen LogP contribution in [0, 0.1) is 5.92 Å². The van der Waals surface area contributed by atoms with E-state index in [0.717, 1.165) is 5.56 Å². The molecule has 0 bridgehead atoms. The first-order valence-corrected chi connectivity index (χ1v) is 9.52. The first-order chi connectivity index (χ1) is 13.3. The maximum absolute atomic E-state index is 12.9. The second-order valence-corrected chi connectivity index (χ2v) is 7.31. The molecule has 0 saturated heterocycles. The summed E-state index contributed by atoms with van der Waals surface area (Å²) >= 11 is 6.03. The van der Waals surface area contributed by atoms with Gasteiger partial charge in [-0.05, 0) is 45.4 Å². The van der Waals surface area contributed by atoms with Gasteiger partial charge in [-0.1, -0.05) is 23.7 Å². The highest BCUT2D eigenvalue weighted by atomic mass is 35.5. The summed E-state index contributed by atoms with van der Waals surface area (Å²) in [6.07, 6.45) is -0.282. The van der Waals surface area contributed by atoms with Crippen molar-refractivity contribution < 1.29 is 23.8 Å². The van der Waals surface area contributed by atoms with Gasteiger partial charge in [-0.25, -0.2) is 4.79 Å². The van der Waals surface area contributed by atoms with Gasteiger partial charge >= 0.3 is 11.9 Å². The summed E-state index contributed by atoms with van der Waals surface area (Å²) < 4.78 is 15.7. The lowest BCUT2D eigenvalue weighted by Crippen LogP contribution is -2.37. The van der Waals surface area contributed by atoms with Gasteiger partial charge in [0.25, 0.3) is 0 Å². The molecule has 2 rings (SSSR count). The zero-order chi connectivity index (χ0) is 20.8. The molecule has 28 heavy (non-hydrogen) atoms. The van der Waals surface area contributed by atoms with Crippen molar-refractivity contribution in [3.05, 3.63) is 46.1 Å². The fraction of sp³-hybridized carbons (Fsp3) is 0.476. The van der Waals surface area contributed by atoms with Gasteiger partial charge in [0, 0.05) is 29.5 Å². The van der Waals surface area contributed by atoms with Crippen LogP contribution in [0.3, 0.4) is 0 Å². The van der Waals surface area contributed by atoms with Gasteiger partial charge in [-0.2, -0.15) is 0 Å². The van der Waals surface area contributed by atoms with Crippen molar-refractivity contribution in [2.75, 3.05) is 20.3 Å². The van der Waals surface area contributed by atoms with Gasteiger partial charge in [0.15, 0.2) is 0 Å². The van der Waals surface area contributed by atoms with Crippen LogP contribution in [0.2, 0.25) is 5.02 Å². The Hall–Kier alpha value is -2.18. The molecule has 0 N–H and O–H groups in total. The fourth-order valence-corrected chi connectivity index (χ4v) is 3.36. The first kappa shape index (κ1) is 22.1. The maximum atomic E-state index is 12.9. The van der Waals surface area contributed by atoms with Gasteiger partial charge in [0.2, 0.25) is 0 Å². The summed E-state index contributed by atoms with van der Waals surface area (Å²) in [6.45, 7) is 7.47. The summed E-state index contributed by atoms with van der Waals surface area (Å²) in [7, 11) is 1.53. The molecule has 0 fully saturated rings. The van der Waals surface area contributed by atoms with Crippen LogP contribution in [0.15, 0.2) is 40.5 Å². The Morgan fingerprint density at radius 2 is 1.79 bits per heavy atom. The molecule has 0 aromatic heterocycles. The summed E-state index contributed by atoms with van der Waals surface area (Å²) in [4.78, 5) is 30.2. The van der Waals surface area contributed by atoms with Crippen LogP contribution in [0.5, 0.6) is 0 Å². The lowest BCUT2D eigenvalue weighted by atomic mass is 9.75. The Labute approximate surface area is 170 Å². The summed E-state index contributed by atoms with van der Waals surface area (Å²) in [6, 6.07) is 7.06. The molecule has 7 heteroatoms. The van der Waals surface area contributed by atoms with E-state index in [0.29, 0.717) is 22.0 Å². The van der Waals surface area contributed by atoms with E-state index in [1.807, 2.05) is 0 Å². The number of nitrogens with zero attached hydrogens (tertiary/aromatic N) is 1. The Balaban J connectivity index is 2.51. The van der Waals surface area contributed by atoms with E-state index in [4.69, 9.17) is 25.8 Å². The standard InChI is InChI=1S/C21H26ClNO5/c1-12(2)28-21(25)18-14(4)23-13(3)17(20(24)27-11-10-26-5)19(18)15-6-8-16(22)9-7-15/h6-9,12,18-19H,10-11H2,1-5H3. The number of carbonyl (C=O) groups is 2. The maximum Gasteiger partial charge on any atom is 0.336 e. The summed E-state index contributed by atoms with van der Waals surface area (Å²) in [5, 5.41) is 0.566. The van der Waals surface area contributed by atoms with Crippen molar-refractivity contribution in [1.82, 2.24) is 0 Å². The van der Waals surface area contributed by atoms with Crippen molar-refractivity contribution in [2.45, 2.75) is 39.7 Å². The number of methoxy groups -OCH3 is 1. The number of aliphatic imine (C=N–C) groups is 1. The molecule has 152 valence electrons. The zero-order valence-electron chi connectivity index (χ0n) is 16.8. The molecule has 0 spiro atoms. The smallest absolute Gasteiger partial charge is 0.336 e. The van der Waals surface area contributed by atoms with E-state index in [-0.39, 0.29) is 19.3 Å². The second-order valence-electron chi connectivity index (χ2n) is 6.87. The Bertz CT molecular complexity index is 782. The molecule has 1 heterocycles. The molecule has 1 aliphatic rings. The number of hydrogen-bond acceptors (Lipinski definition) is 6.